The van der Waals surface area contributed by atoms with E-state index in [0.29, 0.717) is 6.54 Å². The minimum atomic E-state index is -0.322. The minimum Gasteiger partial charge on any atom is -0.360 e. The van der Waals surface area contributed by atoms with Gasteiger partial charge in [-0.05, 0) is 42.9 Å². The van der Waals surface area contributed by atoms with E-state index in [4.69, 9.17) is 4.74 Å². The van der Waals surface area contributed by atoms with Gasteiger partial charge in [0.2, 0.25) is 0 Å². The molecule has 1 spiro atoms. The lowest BCUT2D eigenvalue weighted by atomic mass is 9.87. The molecule has 0 N–H and O–H groups in total. The molecule has 0 aromatic heterocycles. The molecule has 0 saturated carbocycles. The normalized spacial score (nSPS) is 23.3. The Labute approximate surface area is 162 Å². The average molecular weight is 385 g/mol. The number of likely N-dealkylation sites (N-methyl/N-ethyl adjacent to an activating group) is 1. The predicted molar refractivity (Wildman–Crippen MR) is 103 cm³/mol. The molecule has 0 unspecified atom stereocenters. The van der Waals surface area contributed by atoms with E-state index in [1.807, 2.05) is 31.9 Å². The molecular weight excluding hydrogens is 355 g/mol. The molecule has 0 bridgehead atoms. The number of rotatable bonds is 4. The number of piperidine rings is 1. The van der Waals surface area contributed by atoms with Crippen LogP contribution in [-0.2, 0) is 16.0 Å². The Morgan fingerprint density at radius 2 is 2.00 bits per heavy atom. The Hall–Kier alpha value is -1.17. The second-order valence-electron chi connectivity index (χ2n) is 7.88. The highest BCUT2D eigenvalue weighted by Gasteiger charge is 2.46. The van der Waals surface area contributed by atoms with E-state index in [2.05, 4.69) is 4.90 Å². The topological polar surface area (TPSA) is 32.8 Å². The number of hydrogen-bond acceptors (Lipinski definition) is 3. The number of benzene rings is 1. The molecule has 146 valence electrons. The molecule has 1 aromatic carbocycles. The van der Waals surface area contributed by atoms with Crippen LogP contribution in [0.2, 0.25) is 0 Å². The molecule has 0 radical (unpaired) electrons. The monoisotopic (exact) mass is 384 g/mol. The van der Waals surface area contributed by atoms with Crippen LogP contribution >= 0.6 is 12.4 Å². The number of carbonyl (C=O) groups excluding carboxylic acids is 1. The van der Waals surface area contributed by atoms with Gasteiger partial charge in [-0.15, -0.1) is 12.4 Å². The van der Waals surface area contributed by atoms with Gasteiger partial charge >= 0.3 is 0 Å². The van der Waals surface area contributed by atoms with Crippen LogP contribution in [-0.4, -0.2) is 60.6 Å². The van der Waals surface area contributed by atoms with Crippen molar-refractivity contribution in [2.45, 2.75) is 44.8 Å². The molecule has 3 rings (SSSR count). The summed E-state index contributed by atoms with van der Waals surface area (Å²) in [6, 6.07) is 6.85. The van der Waals surface area contributed by atoms with E-state index in [-0.39, 0.29) is 41.8 Å². The van der Waals surface area contributed by atoms with Crippen molar-refractivity contribution in [2.24, 2.45) is 5.92 Å². The minimum absolute atomic E-state index is 0. The van der Waals surface area contributed by atoms with Gasteiger partial charge in [-0.1, -0.05) is 26.0 Å². The Bertz CT molecular complexity index is 618. The Kier molecular flexibility index (Phi) is 7.05. The third-order valence-electron chi connectivity index (χ3n) is 5.50. The van der Waals surface area contributed by atoms with Gasteiger partial charge in [0.1, 0.15) is 11.9 Å². The second kappa shape index (κ2) is 8.68. The van der Waals surface area contributed by atoms with Crippen LogP contribution in [0.5, 0.6) is 0 Å². The highest BCUT2D eigenvalue weighted by atomic mass is 35.5. The number of likely N-dealkylation sites (tertiary alicyclic amines) is 1. The molecule has 2 fully saturated rings. The van der Waals surface area contributed by atoms with Crippen molar-refractivity contribution in [3.05, 3.63) is 35.6 Å². The maximum Gasteiger partial charge on any atom is 0.251 e. The molecule has 6 heteroatoms. The van der Waals surface area contributed by atoms with Crippen molar-refractivity contribution < 1.29 is 13.9 Å². The zero-order valence-electron chi connectivity index (χ0n) is 15.9. The Balaban J connectivity index is 0.00000243. The number of hydrogen-bond donors (Lipinski definition) is 0. The fourth-order valence-electron chi connectivity index (χ4n) is 3.95. The van der Waals surface area contributed by atoms with Crippen molar-refractivity contribution in [1.29, 1.82) is 0 Å². The summed E-state index contributed by atoms with van der Waals surface area (Å²) >= 11 is 0. The second-order valence-corrected chi connectivity index (χ2v) is 7.88. The largest absolute Gasteiger partial charge is 0.360 e. The molecule has 2 aliphatic heterocycles. The molecule has 0 aliphatic carbocycles. The predicted octanol–water partition coefficient (Wildman–Crippen LogP) is 3.14. The van der Waals surface area contributed by atoms with E-state index in [0.717, 1.165) is 44.5 Å². The number of ether oxygens (including phenoxy) is 1. The van der Waals surface area contributed by atoms with Crippen molar-refractivity contribution in [1.82, 2.24) is 9.80 Å². The first-order chi connectivity index (χ1) is 11.9. The molecule has 1 aromatic rings. The van der Waals surface area contributed by atoms with Gasteiger partial charge in [0.25, 0.3) is 5.91 Å². The average Bonchev–Trinajstić information content (AvgIpc) is 2.58. The highest BCUT2D eigenvalue weighted by Crippen LogP contribution is 2.34. The van der Waals surface area contributed by atoms with Crippen molar-refractivity contribution in [3.63, 3.8) is 0 Å². The molecule has 1 atom stereocenters. The number of morpholine rings is 1. The molecule has 2 aliphatic rings. The third-order valence-corrected chi connectivity index (χ3v) is 5.50. The highest BCUT2D eigenvalue weighted by molar-refractivity contribution is 5.85. The standard InChI is InChI=1S/C20H29FN2O2.ClH/c1-15(2)18-19(24)22(3)14-20(25-18)8-11-23(12-9-20)10-7-16-5-4-6-17(21)13-16;/h4-6,13,15,18H,7-12,14H2,1-3H3;1H/t18-;/m1./s1. The number of halogens is 2. The van der Waals surface area contributed by atoms with Gasteiger partial charge in [-0.2, -0.15) is 0 Å². The van der Waals surface area contributed by atoms with Crippen LogP contribution in [0.4, 0.5) is 4.39 Å². The summed E-state index contributed by atoms with van der Waals surface area (Å²) in [6.07, 6.45) is 2.42. The summed E-state index contributed by atoms with van der Waals surface area (Å²) in [6.45, 7) is 7.63. The van der Waals surface area contributed by atoms with Crippen LogP contribution in [0.1, 0.15) is 32.3 Å². The summed E-state index contributed by atoms with van der Waals surface area (Å²) in [5, 5.41) is 0. The van der Waals surface area contributed by atoms with Gasteiger partial charge in [-0.3, -0.25) is 4.79 Å². The number of nitrogens with zero attached hydrogens (tertiary/aromatic N) is 2. The Morgan fingerprint density at radius 1 is 1.31 bits per heavy atom. The maximum absolute atomic E-state index is 13.3. The van der Waals surface area contributed by atoms with Gasteiger partial charge in [0.05, 0.1) is 5.60 Å². The first-order valence-corrected chi connectivity index (χ1v) is 9.28. The number of carbonyl (C=O) groups is 1. The van der Waals surface area contributed by atoms with E-state index in [1.54, 1.807) is 12.1 Å². The number of amides is 1. The molecule has 2 heterocycles. The SMILES string of the molecule is CC(C)[C@H]1OC2(CCN(CCc3cccc(F)c3)CC2)CN(C)C1=O.Cl. The lowest BCUT2D eigenvalue weighted by molar-refractivity contribution is -0.197. The van der Waals surface area contributed by atoms with Gasteiger partial charge in [0, 0.05) is 33.2 Å². The van der Waals surface area contributed by atoms with Crippen LogP contribution < -0.4 is 0 Å². The van der Waals surface area contributed by atoms with Crippen LogP contribution in [0, 0.1) is 11.7 Å². The first-order valence-electron chi connectivity index (χ1n) is 9.28. The lowest BCUT2D eigenvalue weighted by Crippen LogP contribution is -2.62. The summed E-state index contributed by atoms with van der Waals surface area (Å²) in [5.74, 6) is 0.130. The van der Waals surface area contributed by atoms with E-state index in [9.17, 15) is 9.18 Å². The van der Waals surface area contributed by atoms with E-state index < -0.39 is 0 Å². The molecule has 2 saturated heterocycles. The third kappa shape index (κ3) is 4.76. The van der Waals surface area contributed by atoms with E-state index >= 15 is 0 Å². The molecule has 26 heavy (non-hydrogen) atoms. The fraction of sp³-hybridized carbons (Fsp3) is 0.650. The lowest BCUT2D eigenvalue weighted by Gasteiger charge is -2.49. The smallest absolute Gasteiger partial charge is 0.251 e. The van der Waals surface area contributed by atoms with Crippen molar-refractivity contribution >= 4 is 18.3 Å². The molecule has 4 nitrogen and oxygen atoms in total. The van der Waals surface area contributed by atoms with Crippen molar-refractivity contribution in [3.8, 4) is 0 Å². The van der Waals surface area contributed by atoms with E-state index in [1.165, 1.54) is 6.07 Å². The van der Waals surface area contributed by atoms with Crippen molar-refractivity contribution in [2.75, 3.05) is 33.2 Å². The first kappa shape index (κ1) is 21.1. The summed E-state index contributed by atoms with van der Waals surface area (Å²) < 4.78 is 19.6. The quantitative estimate of drug-likeness (QED) is 0.799. The maximum atomic E-state index is 13.3. The zero-order chi connectivity index (χ0) is 18.0. The summed E-state index contributed by atoms with van der Waals surface area (Å²) in [7, 11) is 1.89. The summed E-state index contributed by atoms with van der Waals surface area (Å²) in [4.78, 5) is 16.6. The fourth-order valence-corrected chi connectivity index (χ4v) is 3.95. The van der Waals surface area contributed by atoms with Crippen LogP contribution in [0.3, 0.4) is 0 Å². The zero-order valence-corrected chi connectivity index (χ0v) is 16.7. The van der Waals surface area contributed by atoms with Gasteiger partial charge in [0.15, 0.2) is 0 Å². The molecule has 1 amide bonds. The van der Waals surface area contributed by atoms with Crippen LogP contribution in [0.25, 0.3) is 0 Å². The molecular formula is C20H30ClFN2O2. The van der Waals surface area contributed by atoms with Gasteiger partial charge < -0.3 is 14.5 Å². The Morgan fingerprint density at radius 3 is 2.62 bits per heavy atom. The summed E-state index contributed by atoms with van der Waals surface area (Å²) in [5.41, 5.74) is 0.840. The van der Waals surface area contributed by atoms with Gasteiger partial charge in [-0.25, -0.2) is 4.39 Å². The van der Waals surface area contributed by atoms with Crippen LogP contribution in [0.15, 0.2) is 24.3 Å².